The summed E-state index contributed by atoms with van der Waals surface area (Å²) in [4.78, 5) is 8.45. The minimum atomic E-state index is 0.793. The molecule has 0 unspecified atom stereocenters. The molecule has 3 nitrogen and oxygen atoms in total. The molecular formula is C14H23BrN2O. The molecule has 1 aromatic heterocycles. The minimum absolute atomic E-state index is 0.793. The number of rotatable bonds is 10. The lowest BCUT2D eigenvalue weighted by Gasteiger charge is -2.04. The van der Waals surface area contributed by atoms with E-state index in [9.17, 15) is 0 Å². The summed E-state index contributed by atoms with van der Waals surface area (Å²) in [6, 6.07) is 0. The van der Waals surface area contributed by atoms with Crippen LogP contribution in [-0.2, 0) is 11.2 Å². The first-order chi connectivity index (χ1) is 8.83. The average Bonchev–Trinajstić information content (AvgIpc) is 2.39. The van der Waals surface area contributed by atoms with Crippen molar-refractivity contribution in [2.45, 2.75) is 51.9 Å². The highest BCUT2D eigenvalue weighted by Gasteiger charge is 1.96. The van der Waals surface area contributed by atoms with E-state index < -0.39 is 0 Å². The van der Waals surface area contributed by atoms with Gasteiger partial charge in [-0.25, -0.2) is 4.98 Å². The highest BCUT2D eigenvalue weighted by Crippen LogP contribution is 2.06. The fourth-order valence-corrected chi connectivity index (χ4v) is 1.92. The van der Waals surface area contributed by atoms with E-state index in [-0.39, 0.29) is 0 Å². The van der Waals surface area contributed by atoms with E-state index in [1.807, 2.05) is 6.20 Å². The Morgan fingerprint density at radius 2 is 1.78 bits per heavy atom. The smallest absolute Gasteiger partial charge is 0.124 e. The van der Waals surface area contributed by atoms with E-state index in [2.05, 4.69) is 32.8 Å². The third-order valence-electron chi connectivity index (χ3n) is 2.79. The summed E-state index contributed by atoms with van der Waals surface area (Å²) in [5.74, 6) is 0. The van der Waals surface area contributed by atoms with Crippen LogP contribution in [0.4, 0.5) is 0 Å². The molecule has 0 N–H and O–H groups in total. The van der Waals surface area contributed by atoms with Crippen molar-refractivity contribution in [3.8, 4) is 0 Å². The number of hydrogen-bond donors (Lipinski definition) is 0. The Kier molecular flexibility index (Phi) is 9.04. The fraction of sp³-hybridized carbons (Fsp3) is 0.714. The molecule has 0 atom stereocenters. The molecule has 0 saturated carbocycles. The van der Waals surface area contributed by atoms with Gasteiger partial charge in [-0.05, 0) is 41.6 Å². The van der Waals surface area contributed by atoms with E-state index in [0.717, 1.165) is 42.8 Å². The molecule has 0 aromatic carbocycles. The standard InChI is InChI=1S/C14H23BrN2O/c1-2-3-4-6-9-18-10-7-5-8-13-11-17-14(15)12-16-13/h11-12H,2-10H2,1H3. The molecule has 0 fully saturated rings. The highest BCUT2D eigenvalue weighted by atomic mass is 79.9. The molecule has 4 heteroatoms. The van der Waals surface area contributed by atoms with Crippen LogP contribution in [0.1, 0.15) is 51.1 Å². The third-order valence-corrected chi connectivity index (χ3v) is 3.20. The summed E-state index contributed by atoms with van der Waals surface area (Å²) in [5.41, 5.74) is 1.06. The van der Waals surface area contributed by atoms with Gasteiger partial charge in [0.25, 0.3) is 0 Å². The molecular weight excluding hydrogens is 292 g/mol. The molecule has 1 aromatic rings. The minimum Gasteiger partial charge on any atom is -0.381 e. The molecule has 0 amide bonds. The van der Waals surface area contributed by atoms with Gasteiger partial charge < -0.3 is 4.74 Å². The van der Waals surface area contributed by atoms with E-state index in [1.165, 1.54) is 25.7 Å². The molecule has 18 heavy (non-hydrogen) atoms. The molecule has 0 radical (unpaired) electrons. The number of aromatic nitrogens is 2. The van der Waals surface area contributed by atoms with Crippen LogP contribution in [0.3, 0.4) is 0 Å². The summed E-state index contributed by atoms with van der Waals surface area (Å²) in [5, 5.41) is 0. The molecule has 1 rings (SSSR count). The van der Waals surface area contributed by atoms with Crippen LogP contribution in [0.15, 0.2) is 17.0 Å². The largest absolute Gasteiger partial charge is 0.381 e. The van der Waals surface area contributed by atoms with Crippen LogP contribution < -0.4 is 0 Å². The Balaban J connectivity index is 1.91. The Morgan fingerprint density at radius 3 is 2.44 bits per heavy atom. The molecule has 1 heterocycles. The van der Waals surface area contributed by atoms with Gasteiger partial charge in [-0.3, -0.25) is 4.98 Å². The van der Waals surface area contributed by atoms with E-state index in [4.69, 9.17) is 4.74 Å². The van der Waals surface area contributed by atoms with Crippen molar-refractivity contribution in [2.75, 3.05) is 13.2 Å². The Labute approximate surface area is 119 Å². The quantitative estimate of drug-likeness (QED) is 0.608. The van der Waals surface area contributed by atoms with Gasteiger partial charge in [0.2, 0.25) is 0 Å². The second-order valence-electron chi connectivity index (χ2n) is 4.46. The van der Waals surface area contributed by atoms with Gasteiger partial charge in [-0.2, -0.15) is 0 Å². The van der Waals surface area contributed by atoms with E-state index >= 15 is 0 Å². The van der Waals surface area contributed by atoms with Crippen LogP contribution in [0.2, 0.25) is 0 Å². The first-order valence-electron chi connectivity index (χ1n) is 6.87. The molecule has 0 aliphatic rings. The van der Waals surface area contributed by atoms with Gasteiger partial charge in [0.15, 0.2) is 0 Å². The number of hydrogen-bond acceptors (Lipinski definition) is 3. The zero-order valence-electron chi connectivity index (χ0n) is 11.2. The predicted molar refractivity (Wildman–Crippen MR) is 77.6 cm³/mol. The second kappa shape index (κ2) is 10.4. The van der Waals surface area contributed by atoms with Crippen LogP contribution >= 0.6 is 15.9 Å². The first kappa shape index (κ1) is 15.6. The zero-order chi connectivity index (χ0) is 13.1. The van der Waals surface area contributed by atoms with Crippen LogP contribution in [0.5, 0.6) is 0 Å². The number of halogens is 1. The summed E-state index contributed by atoms with van der Waals surface area (Å²) in [6.07, 6.45) is 11.9. The molecule has 0 spiro atoms. The molecule has 0 aliphatic carbocycles. The maximum Gasteiger partial charge on any atom is 0.124 e. The predicted octanol–water partition coefficient (Wildman–Crippen LogP) is 4.16. The van der Waals surface area contributed by atoms with Gasteiger partial charge in [0.1, 0.15) is 4.60 Å². The average molecular weight is 315 g/mol. The van der Waals surface area contributed by atoms with Crippen LogP contribution in [0, 0.1) is 0 Å². The number of aryl methyl sites for hydroxylation is 1. The summed E-state index contributed by atoms with van der Waals surface area (Å²) in [6.45, 7) is 4.01. The monoisotopic (exact) mass is 314 g/mol. The van der Waals surface area contributed by atoms with Gasteiger partial charge in [-0.1, -0.05) is 26.2 Å². The Bertz CT molecular complexity index is 303. The lowest BCUT2D eigenvalue weighted by atomic mass is 10.2. The zero-order valence-corrected chi connectivity index (χ0v) is 12.8. The lowest BCUT2D eigenvalue weighted by molar-refractivity contribution is 0.126. The summed E-state index contributed by atoms with van der Waals surface area (Å²) in [7, 11) is 0. The van der Waals surface area contributed by atoms with Crippen molar-refractivity contribution in [3.63, 3.8) is 0 Å². The van der Waals surface area contributed by atoms with Gasteiger partial charge in [0.05, 0.1) is 11.9 Å². The topological polar surface area (TPSA) is 35.0 Å². The lowest BCUT2D eigenvalue weighted by Crippen LogP contribution is -1.99. The number of nitrogens with zero attached hydrogens (tertiary/aromatic N) is 2. The molecule has 0 aliphatic heterocycles. The van der Waals surface area contributed by atoms with E-state index in [1.54, 1.807) is 6.20 Å². The van der Waals surface area contributed by atoms with Gasteiger partial charge in [-0.15, -0.1) is 0 Å². The SMILES string of the molecule is CCCCCCOCCCCc1cnc(Br)cn1. The van der Waals surface area contributed by atoms with Crippen molar-refractivity contribution in [3.05, 3.63) is 22.7 Å². The van der Waals surface area contributed by atoms with Crippen LogP contribution in [-0.4, -0.2) is 23.2 Å². The van der Waals surface area contributed by atoms with Gasteiger partial charge in [0, 0.05) is 19.4 Å². The van der Waals surface area contributed by atoms with Gasteiger partial charge >= 0.3 is 0 Å². The second-order valence-corrected chi connectivity index (χ2v) is 5.27. The summed E-state index contributed by atoms with van der Waals surface area (Å²) >= 11 is 3.28. The van der Waals surface area contributed by atoms with Crippen molar-refractivity contribution < 1.29 is 4.74 Å². The fourth-order valence-electron chi connectivity index (χ4n) is 1.71. The van der Waals surface area contributed by atoms with Crippen molar-refractivity contribution in [1.29, 1.82) is 0 Å². The highest BCUT2D eigenvalue weighted by molar-refractivity contribution is 9.10. The maximum absolute atomic E-state index is 5.59. The Hall–Kier alpha value is -0.480. The van der Waals surface area contributed by atoms with Crippen molar-refractivity contribution in [2.24, 2.45) is 0 Å². The molecule has 102 valence electrons. The number of ether oxygens (including phenoxy) is 1. The molecule has 0 saturated heterocycles. The van der Waals surface area contributed by atoms with Crippen LogP contribution in [0.25, 0.3) is 0 Å². The molecule has 0 bridgehead atoms. The number of unbranched alkanes of at least 4 members (excludes halogenated alkanes) is 4. The normalized spacial score (nSPS) is 10.8. The van der Waals surface area contributed by atoms with Crippen molar-refractivity contribution >= 4 is 15.9 Å². The maximum atomic E-state index is 5.59. The van der Waals surface area contributed by atoms with Crippen molar-refractivity contribution in [1.82, 2.24) is 9.97 Å². The third kappa shape index (κ3) is 7.77. The Morgan fingerprint density at radius 1 is 1.00 bits per heavy atom. The van der Waals surface area contributed by atoms with E-state index in [0.29, 0.717) is 0 Å². The summed E-state index contributed by atoms with van der Waals surface area (Å²) < 4.78 is 6.39. The first-order valence-corrected chi connectivity index (χ1v) is 7.66.